The van der Waals surface area contributed by atoms with E-state index in [0.29, 0.717) is 29.2 Å². The van der Waals surface area contributed by atoms with E-state index >= 15 is 0 Å². The zero-order valence-electron chi connectivity index (χ0n) is 17.4. The Morgan fingerprint density at radius 3 is 2.46 bits per heavy atom. The molecule has 5 saturated carbocycles. The van der Waals surface area contributed by atoms with Crippen LogP contribution < -0.4 is 11.1 Å². The number of nitrogens with two attached hydrogens (primary N) is 1. The van der Waals surface area contributed by atoms with Gasteiger partial charge in [-0.2, -0.15) is 0 Å². The number of carbonyl (C=O) groups excluding carboxylic acids is 1. The molecule has 0 spiro atoms. The van der Waals surface area contributed by atoms with E-state index in [0.717, 1.165) is 38.6 Å². The minimum atomic E-state index is -0.144. The van der Waals surface area contributed by atoms with E-state index < -0.39 is 0 Å². The molecule has 152 valence electrons. The molecule has 0 aliphatic heterocycles. The number of benzene rings is 1. The Morgan fingerprint density at radius 1 is 1.04 bits per heavy atom. The molecule has 0 saturated heterocycles. The van der Waals surface area contributed by atoms with Crippen molar-refractivity contribution in [3.05, 3.63) is 35.9 Å². The summed E-state index contributed by atoms with van der Waals surface area (Å²) in [5, 5.41) is 3.53. The molecule has 28 heavy (non-hydrogen) atoms. The Hall–Kier alpha value is -1.35. The second-order valence-electron chi connectivity index (χ2n) is 11.2. The summed E-state index contributed by atoms with van der Waals surface area (Å²) in [4.78, 5) is 13.7. The number of hydrogen-bond acceptors (Lipinski definition) is 2. The monoisotopic (exact) mass is 380 g/mol. The van der Waals surface area contributed by atoms with Crippen LogP contribution in [0.5, 0.6) is 0 Å². The molecule has 2 unspecified atom stereocenters. The molecule has 5 aliphatic carbocycles. The predicted molar refractivity (Wildman–Crippen MR) is 113 cm³/mol. The van der Waals surface area contributed by atoms with Crippen LogP contribution in [0.15, 0.2) is 30.3 Å². The van der Waals surface area contributed by atoms with Gasteiger partial charge in [0, 0.05) is 6.04 Å². The Kier molecular flexibility index (Phi) is 4.39. The normalized spacial score (nSPS) is 44.4. The summed E-state index contributed by atoms with van der Waals surface area (Å²) >= 11 is 0. The fourth-order valence-electron chi connectivity index (χ4n) is 8.17. The van der Waals surface area contributed by atoms with E-state index in [-0.39, 0.29) is 10.8 Å². The van der Waals surface area contributed by atoms with Gasteiger partial charge in [0.2, 0.25) is 5.91 Å². The fraction of sp³-hybridized carbons (Fsp3) is 0.720. The maximum atomic E-state index is 13.7. The first-order chi connectivity index (χ1) is 13.4. The quantitative estimate of drug-likeness (QED) is 0.805. The van der Waals surface area contributed by atoms with Crippen molar-refractivity contribution >= 4 is 5.91 Å². The van der Waals surface area contributed by atoms with Gasteiger partial charge in [-0.1, -0.05) is 37.3 Å². The maximum absolute atomic E-state index is 13.7. The van der Waals surface area contributed by atoms with Crippen LogP contribution in [0.4, 0.5) is 0 Å². The molecule has 0 radical (unpaired) electrons. The number of nitrogens with one attached hydrogen (secondary N) is 1. The number of hydrogen-bond donors (Lipinski definition) is 2. The third kappa shape index (κ3) is 3.01. The summed E-state index contributed by atoms with van der Waals surface area (Å²) in [7, 11) is 0. The van der Waals surface area contributed by atoms with Crippen LogP contribution in [-0.2, 0) is 10.2 Å². The number of amides is 1. The van der Waals surface area contributed by atoms with Gasteiger partial charge in [0.15, 0.2) is 0 Å². The average Bonchev–Trinajstić information content (AvgIpc) is 2.67. The van der Waals surface area contributed by atoms with Crippen LogP contribution in [0.3, 0.4) is 0 Å². The van der Waals surface area contributed by atoms with Gasteiger partial charge in [-0.15, -0.1) is 0 Å². The first-order valence-electron chi connectivity index (χ1n) is 11.5. The molecule has 1 aromatic rings. The van der Waals surface area contributed by atoms with Crippen molar-refractivity contribution in [2.75, 3.05) is 6.54 Å². The standard InChI is InChI=1S/C25H36N2O/c1-23-11-19-12-24(15-23,20-5-3-2-4-6-20)17-25(13-19,16-23)22(28)27-21-9-7-18(14-26)8-10-21/h2-6,18-19,21H,7-17,26H2,1H3,(H,27,28)/t18-,19?,21+,23-,24-,25?/m1/s1. The van der Waals surface area contributed by atoms with Gasteiger partial charge in [0.05, 0.1) is 5.41 Å². The lowest BCUT2D eigenvalue weighted by atomic mass is 9.38. The molecule has 1 amide bonds. The second kappa shape index (κ2) is 6.58. The summed E-state index contributed by atoms with van der Waals surface area (Å²) in [6, 6.07) is 11.5. The lowest BCUT2D eigenvalue weighted by Crippen LogP contribution is -2.62. The Bertz CT molecular complexity index is 740. The smallest absolute Gasteiger partial charge is 0.226 e. The van der Waals surface area contributed by atoms with Crippen LogP contribution >= 0.6 is 0 Å². The first-order valence-corrected chi connectivity index (χ1v) is 11.5. The van der Waals surface area contributed by atoms with Crippen molar-refractivity contribution in [3.63, 3.8) is 0 Å². The van der Waals surface area contributed by atoms with Crippen molar-refractivity contribution in [1.29, 1.82) is 0 Å². The molecular weight excluding hydrogens is 344 g/mol. The van der Waals surface area contributed by atoms with E-state index in [1.807, 2.05) is 0 Å². The number of rotatable bonds is 4. The Labute approximate surface area is 169 Å². The topological polar surface area (TPSA) is 55.1 Å². The minimum absolute atomic E-state index is 0.144. The highest BCUT2D eigenvalue weighted by atomic mass is 16.2. The van der Waals surface area contributed by atoms with E-state index in [9.17, 15) is 4.79 Å². The molecule has 3 nitrogen and oxygen atoms in total. The molecule has 1 aromatic carbocycles. The average molecular weight is 381 g/mol. The molecule has 4 atom stereocenters. The third-order valence-electron chi connectivity index (χ3n) is 8.73. The van der Waals surface area contributed by atoms with Crippen LogP contribution in [0, 0.1) is 22.7 Å². The maximum Gasteiger partial charge on any atom is 0.226 e. The number of carbonyl (C=O) groups is 1. The SMILES string of the molecule is C[C@]12CC3CC(C(=O)N[C@H]4CC[C@@H](CN)CC4)(C1)C[C@@](c1ccccc1)(C3)C2. The van der Waals surface area contributed by atoms with Gasteiger partial charge >= 0.3 is 0 Å². The molecule has 0 heterocycles. The van der Waals surface area contributed by atoms with Gasteiger partial charge in [-0.3, -0.25) is 4.79 Å². The van der Waals surface area contributed by atoms with Crippen molar-refractivity contribution in [1.82, 2.24) is 5.32 Å². The predicted octanol–water partition coefficient (Wildman–Crippen LogP) is 4.55. The van der Waals surface area contributed by atoms with Crippen LogP contribution in [0.25, 0.3) is 0 Å². The summed E-state index contributed by atoms with van der Waals surface area (Å²) in [5.74, 6) is 1.74. The Balaban J connectivity index is 1.39. The summed E-state index contributed by atoms with van der Waals surface area (Å²) in [5.41, 5.74) is 7.72. The molecule has 3 N–H and O–H groups in total. The summed E-state index contributed by atoms with van der Waals surface area (Å²) in [6.07, 6.45) is 11.7. The van der Waals surface area contributed by atoms with Gasteiger partial charge < -0.3 is 11.1 Å². The first kappa shape index (κ1) is 18.7. The minimum Gasteiger partial charge on any atom is -0.353 e. The highest BCUT2D eigenvalue weighted by molar-refractivity contribution is 5.84. The van der Waals surface area contributed by atoms with Crippen molar-refractivity contribution < 1.29 is 4.79 Å². The zero-order chi connectivity index (χ0) is 19.4. The van der Waals surface area contributed by atoms with Gasteiger partial charge in [0.25, 0.3) is 0 Å². The van der Waals surface area contributed by atoms with E-state index in [4.69, 9.17) is 5.73 Å². The lowest BCUT2D eigenvalue weighted by Gasteiger charge is -2.65. The van der Waals surface area contributed by atoms with Crippen molar-refractivity contribution in [3.8, 4) is 0 Å². The van der Waals surface area contributed by atoms with Crippen LogP contribution in [0.1, 0.15) is 76.7 Å². The highest BCUT2D eigenvalue weighted by Crippen LogP contribution is 2.70. The fourth-order valence-corrected chi connectivity index (χ4v) is 8.17. The molecule has 5 aliphatic rings. The van der Waals surface area contributed by atoms with Crippen molar-refractivity contribution in [2.45, 2.75) is 82.6 Å². The molecule has 4 bridgehead atoms. The third-order valence-corrected chi connectivity index (χ3v) is 8.73. The van der Waals surface area contributed by atoms with Crippen LogP contribution in [-0.4, -0.2) is 18.5 Å². The molecule has 3 heteroatoms. The lowest BCUT2D eigenvalue weighted by molar-refractivity contribution is -0.161. The van der Waals surface area contributed by atoms with Crippen molar-refractivity contribution in [2.24, 2.45) is 28.4 Å². The van der Waals surface area contributed by atoms with Crippen LogP contribution in [0.2, 0.25) is 0 Å². The Morgan fingerprint density at radius 2 is 1.79 bits per heavy atom. The van der Waals surface area contributed by atoms with Gasteiger partial charge in [-0.25, -0.2) is 0 Å². The van der Waals surface area contributed by atoms with Gasteiger partial charge in [0.1, 0.15) is 0 Å². The molecule has 5 fully saturated rings. The largest absolute Gasteiger partial charge is 0.353 e. The van der Waals surface area contributed by atoms with E-state index in [2.05, 4.69) is 42.6 Å². The molecule has 0 aromatic heterocycles. The van der Waals surface area contributed by atoms with E-state index in [1.165, 1.54) is 37.7 Å². The van der Waals surface area contributed by atoms with Gasteiger partial charge in [-0.05, 0) is 99.0 Å². The molecular formula is C25H36N2O. The molecule has 6 rings (SSSR count). The highest BCUT2D eigenvalue weighted by Gasteiger charge is 2.64. The summed E-state index contributed by atoms with van der Waals surface area (Å²) in [6.45, 7) is 3.26. The van der Waals surface area contributed by atoms with E-state index in [1.54, 1.807) is 0 Å². The second-order valence-corrected chi connectivity index (χ2v) is 11.2. The summed E-state index contributed by atoms with van der Waals surface area (Å²) < 4.78 is 0. The zero-order valence-corrected chi connectivity index (χ0v) is 17.4.